The fraction of sp³-hybridized carbons (Fsp3) is 0.467. The van der Waals surface area contributed by atoms with Crippen molar-refractivity contribution in [3.63, 3.8) is 0 Å². The number of thiophene rings is 1. The summed E-state index contributed by atoms with van der Waals surface area (Å²) >= 11 is 1.90. The lowest BCUT2D eigenvalue weighted by molar-refractivity contribution is 0.513. The Kier molecular flexibility index (Phi) is 4.25. The average Bonchev–Trinajstić information content (AvgIpc) is 2.97. The Morgan fingerprint density at radius 2 is 1.94 bits per heavy atom. The van der Waals surface area contributed by atoms with Crippen LogP contribution in [0.25, 0.3) is 0 Å². The summed E-state index contributed by atoms with van der Waals surface area (Å²) in [7, 11) is 0. The average molecular weight is 262 g/mol. The minimum absolute atomic E-state index is 0.140. The Hall–Kier alpha value is -1.06. The molecule has 2 N–H and O–H groups in total. The van der Waals surface area contributed by atoms with E-state index in [1.54, 1.807) is 0 Å². The lowest BCUT2D eigenvalue weighted by Crippen LogP contribution is -2.15. The third-order valence-electron chi connectivity index (χ3n) is 3.28. The first kappa shape index (κ1) is 13.4. The van der Waals surface area contributed by atoms with Crippen molar-refractivity contribution in [2.45, 2.75) is 39.8 Å². The van der Waals surface area contributed by atoms with Crippen molar-refractivity contribution in [3.05, 3.63) is 45.9 Å². The van der Waals surface area contributed by atoms with Crippen LogP contribution >= 0.6 is 11.3 Å². The molecule has 2 aromatic rings. The number of aryl methyl sites for hydroxylation is 1. The van der Waals surface area contributed by atoms with Crippen molar-refractivity contribution < 1.29 is 0 Å². The quantitative estimate of drug-likeness (QED) is 0.872. The fourth-order valence-electron chi connectivity index (χ4n) is 2.02. The summed E-state index contributed by atoms with van der Waals surface area (Å²) in [6.07, 6.45) is 5.43. The summed E-state index contributed by atoms with van der Waals surface area (Å²) < 4.78 is 2.23. The SMILES string of the molecule is CCc1ccc(Cn2ccc(C(N)C(C)C)c2)s1. The van der Waals surface area contributed by atoms with Crippen molar-refractivity contribution in [1.82, 2.24) is 4.57 Å². The molecule has 0 amide bonds. The number of nitrogens with zero attached hydrogens (tertiary/aromatic N) is 1. The second kappa shape index (κ2) is 5.72. The highest BCUT2D eigenvalue weighted by molar-refractivity contribution is 7.11. The molecule has 0 aliphatic rings. The second-order valence-corrected chi connectivity index (χ2v) is 6.36. The van der Waals surface area contributed by atoms with Crippen LogP contribution in [0.5, 0.6) is 0 Å². The van der Waals surface area contributed by atoms with Crippen LogP contribution in [0.3, 0.4) is 0 Å². The Morgan fingerprint density at radius 3 is 2.56 bits per heavy atom. The zero-order valence-electron chi connectivity index (χ0n) is 11.4. The summed E-state index contributed by atoms with van der Waals surface area (Å²) in [5.41, 5.74) is 7.39. The van der Waals surface area contributed by atoms with Gasteiger partial charge in [-0.25, -0.2) is 0 Å². The molecule has 2 nitrogen and oxygen atoms in total. The van der Waals surface area contributed by atoms with Crippen molar-refractivity contribution in [1.29, 1.82) is 0 Å². The number of nitrogens with two attached hydrogens (primary N) is 1. The number of rotatable bonds is 5. The number of hydrogen-bond donors (Lipinski definition) is 1. The van der Waals surface area contributed by atoms with Gasteiger partial charge in [-0.15, -0.1) is 11.3 Å². The maximum atomic E-state index is 6.16. The first-order chi connectivity index (χ1) is 8.60. The molecule has 3 heteroatoms. The minimum atomic E-state index is 0.140. The predicted octanol–water partition coefficient (Wildman–Crippen LogP) is 3.82. The van der Waals surface area contributed by atoms with Gasteiger partial charge in [0, 0.05) is 28.2 Å². The molecule has 0 saturated carbocycles. The molecular formula is C15H22N2S. The molecule has 0 spiro atoms. The van der Waals surface area contributed by atoms with Crippen LogP contribution in [-0.2, 0) is 13.0 Å². The molecule has 0 aromatic carbocycles. The van der Waals surface area contributed by atoms with Gasteiger partial charge in [-0.1, -0.05) is 20.8 Å². The van der Waals surface area contributed by atoms with Gasteiger partial charge in [-0.3, -0.25) is 0 Å². The molecule has 2 heterocycles. The molecule has 18 heavy (non-hydrogen) atoms. The molecule has 0 fully saturated rings. The van der Waals surface area contributed by atoms with Gasteiger partial charge in [-0.2, -0.15) is 0 Å². The van der Waals surface area contributed by atoms with Gasteiger partial charge in [0.15, 0.2) is 0 Å². The fourth-order valence-corrected chi connectivity index (χ4v) is 2.98. The Bertz CT molecular complexity index is 496. The van der Waals surface area contributed by atoms with Gasteiger partial charge in [0.2, 0.25) is 0 Å². The van der Waals surface area contributed by atoms with E-state index < -0.39 is 0 Å². The van der Waals surface area contributed by atoms with Crippen molar-refractivity contribution in [2.75, 3.05) is 0 Å². The molecule has 98 valence electrons. The van der Waals surface area contributed by atoms with Gasteiger partial charge in [-0.05, 0) is 36.1 Å². The lowest BCUT2D eigenvalue weighted by Gasteiger charge is -2.13. The van der Waals surface area contributed by atoms with E-state index in [4.69, 9.17) is 5.73 Å². The van der Waals surface area contributed by atoms with Crippen molar-refractivity contribution in [2.24, 2.45) is 11.7 Å². The van der Waals surface area contributed by atoms with E-state index in [2.05, 4.69) is 55.9 Å². The van der Waals surface area contributed by atoms with Crippen LogP contribution in [0.1, 0.15) is 42.1 Å². The molecule has 0 aliphatic carbocycles. The monoisotopic (exact) mass is 262 g/mol. The highest BCUT2D eigenvalue weighted by Gasteiger charge is 2.11. The van der Waals surface area contributed by atoms with E-state index in [1.807, 2.05) is 11.3 Å². The molecule has 0 aliphatic heterocycles. The van der Waals surface area contributed by atoms with E-state index in [9.17, 15) is 0 Å². The van der Waals surface area contributed by atoms with E-state index in [-0.39, 0.29) is 6.04 Å². The minimum Gasteiger partial charge on any atom is -0.349 e. The lowest BCUT2D eigenvalue weighted by atomic mass is 10.00. The van der Waals surface area contributed by atoms with E-state index >= 15 is 0 Å². The normalized spacial score (nSPS) is 13.2. The largest absolute Gasteiger partial charge is 0.349 e. The maximum Gasteiger partial charge on any atom is 0.0563 e. The molecule has 2 rings (SSSR count). The van der Waals surface area contributed by atoms with E-state index in [0.717, 1.165) is 13.0 Å². The van der Waals surface area contributed by atoms with Crippen molar-refractivity contribution in [3.8, 4) is 0 Å². The first-order valence-electron chi connectivity index (χ1n) is 6.59. The van der Waals surface area contributed by atoms with Crippen LogP contribution in [0.15, 0.2) is 30.6 Å². The standard InChI is InChI=1S/C15H22N2S/c1-4-13-5-6-14(18-13)10-17-8-7-12(9-17)15(16)11(2)3/h5-9,11,15H,4,10,16H2,1-3H3. The highest BCUT2D eigenvalue weighted by Crippen LogP contribution is 2.21. The third-order valence-corrected chi connectivity index (χ3v) is 4.49. The summed E-state index contributed by atoms with van der Waals surface area (Å²) in [6, 6.07) is 6.73. The first-order valence-corrected chi connectivity index (χ1v) is 7.40. The van der Waals surface area contributed by atoms with Crippen molar-refractivity contribution >= 4 is 11.3 Å². The summed E-state index contributed by atoms with van der Waals surface area (Å²) in [6.45, 7) is 7.48. The van der Waals surface area contributed by atoms with Gasteiger partial charge in [0.25, 0.3) is 0 Å². The van der Waals surface area contributed by atoms with E-state index in [1.165, 1.54) is 15.3 Å². The second-order valence-electron chi connectivity index (χ2n) is 5.11. The molecule has 2 aromatic heterocycles. The summed E-state index contributed by atoms with van der Waals surface area (Å²) in [5, 5.41) is 0. The van der Waals surface area contributed by atoms with Crippen LogP contribution in [0.2, 0.25) is 0 Å². The molecule has 1 unspecified atom stereocenters. The molecule has 0 radical (unpaired) electrons. The van der Waals surface area contributed by atoms with Crippen LogP contribution < -0.4 is 5.73 Å². The zero-order chi connectivity index (χ0) is 13.1. The smallest absolute Gasteiger partial charge is 0.0563 e. The van der Waals surface area contributed by atoms with Crippen LogP contribution in [0, 0.1) is 5.92 Å². The van der Waals surface area contributed by atoms with E-state index in [0.29, 0.717) is 5.92 Å². The Balaban J connectivity index is 2.06. The summed E-state index contributed by atoms with van der Waals surface area (Å²) in [4.78, 5) is 2.86. The molecular weight excluding hydrogens is 240 g/mol. The van der Waals surface area contributed by atoms with Gasteiger partial charge in [0.05, 0.1) is 6.54 Å². The summed E-state index contributed by atoms with van der Waals surface area (Å²) in [5.74, 6) is 0.481. The topological polar surface area (TPSA) is 30.9 Å². The van der Waals surface area contributed by atoms with Crippen LogP contribution in [-0.4, -0.2) is 4.57 Å². The number of hydrogen-bond acceptors (Lipinski definition) is 2. The Labute approximate surface area is 113 Å². The predicted molar refractivity (Wildman–Crippen MR) is 79.0 cm³/mol. The molecule has 1 atom stereocenters. The zero-order valence-corrected chi connectivity index (χ0v) is 12.2. The molecule has 0 saturated heterocycles. The third kappa shape index (κ3) is 3.03. The van der Waals surface area contributed by atoms with Gasteiger partial charge < -0.3 is 10.3 Å². The van der Waals surface area contributed by atoms with Crippen LogP contribution in [0.4, 0.5) is 0 Å². The highest BCUT2D eigenvalue weighted by atomic mass is 32.1. The molecule has 0 bridgehead atoms. The number of aromatic nitrogens is 1. The van der Waals surface area contributed by atoms with Gasteiger partial charge >= 0.3 is 0 Å². The Morgan fingerprint density at radius 1 is 1.22 bits per heavy atom. The maximum absolute atomic E-state index is 6.16. The van der Waals surface area contributed by atoms with Gasteiger partial charge in [0.1, 0.15) is 0 Å².